The first kappa shape index (κ1) is 20.4. The Kier molecular flexibility index (Phi) is 7.61. The number of anilines is 1. The van der Waals surface area contributed by atoms with E-state index in [-0.39, 0.29) is 24.1 Å². The number of ether oxygens (including phenoxy) is 2. The minimum absolute atomic E-state index is 0.0904. The monoisotopic (exact) mass is 398 g/mol. The lowest BCUT2D eigenvalue weighted by Crippen LogP contribution is -2.15. The fourth-order valence-electron chi connectivity index (χ4n) is 2.13. The van der Waals surface area contributed by atoms with Gasteiger partial charge in [0.05, 0.1) is 37.3 Å². The van der Waals surface area contributed by atoms with Gasteiger partial charge in [0.1, 0.15) is 0 Å². The molecule has 0 fully saturated rings. The molecule has 0 aliphatic heterocycles. The van der Waals surface area contributed by atoms with Crippen LogP contribution in [0, 0.1) is 13.8 Å². The summed E-state index contributed by atoms with van der Waals surface area (Å²) in [7, 11) is 2.98. The van der Waals surface area contributed by atoms with Crippen molar-refractivity contribution in [2.75, 3.05) is 31.9 Å². The van der Waals surface area contributed by atoms with E-state index in [0.717, 1.165) is 16.5 Å². The SMILES string of the molecule is COCCn1c(SCC(=O)Nc2nc(CC(=O)OC)cs2)nc(C)c1C. The minimum atomic E-state index is -0.364. The third kappa shape index (κ3) is 5.55. The van der Waals surface area contributed by atoms with Crippen LogP contribution in [0.3, 0.4) is 0 Å². The number of hydrogen-bond acceptors (Lipinski definition) is 8. The van der Waals surface area contributed by atoms with Crippen LogP contribution in [0.5, 0.6) is 0 Å². The van der Waals surface area contributed by atoms with Crippen molar-refractivity contribution in [3.05, 3.63) is 22.5 Å². The number of aryl methyl sites for hydroxylation is 1. The molecule has 0 unspecified atom stereocenters. The molecule has 142 valence electrons. The lowest BCUT2D eigenvalue weighted by atomic mass is 10.3. The molecule has 1 amide bonds. The molecule has 26 heavy (non-hydrogen) atoms. The molecule has 0 aliphatic carbocycles. The molecule has 10 heteroatoms. The number of methoxy groups -OCH3 is 2. The van der Waals surface area contributed by atoms with Gasteiger partial charge in [0.15, 0.2) is 10.3 Å². The first-order chi connectivity index (χ1) is 12.4. The molecule has 0 saturated heterocycles. The molecule has 2 rings (SSSR count). The number of aromatic nitrogens is 3. The normalized spacial score (nSPS) is 10.8. The lowest BCUT2D eigenvalue weighted by molar-refractivity contribution is -0.139. The molecule has 1 N–H and O–H groups in total. The summed E-state index contributed by atoms with van der Waals surface area (Å²) in [6.07, 6.45) is 0.0904. The van der Waals surface area contributed by atoms with Gasteiger partial charge in [0.25, 0.3) is 0 Å². The Balaban J connectivity index is 1.91. The molecular weight excluding hydrogens is 376 g/mol. The Bertz CT molecular complexity index is 772. The largest absolute Gasteiger partial charge is 0.469 e. The van der Waals surface area contributed by atoms with Crippen molar-refractivity contribution in [2.45, 2.75) is 32.0 Å². The van der Waals surface area contributed by atoms with E-state index >= 15 is 0 Å². The molecule has 0 radical (unpaired) electrons. The number of rotatable bonds is 9. The summed E-state index contributed by atoms with van der Waals surface area (Å²) >= 11 is 2.64. The van der Waals surface area contributed by atoms with Crippen molar-refractivity contribution < 1.29 is 19.1 Å². The Morgan fingerprint density at radius 3 is 2.77 bits per heavy atom. The van der Waals surface area contributed by atoms with Crippen LogP contribution in [0.2, 0.25) is 0 Å². The van der Waals surface area contributed by atoms with Crippen LogP contribution in [0.1, 0.15) is 17.1 Å². The van der Waals surface area contributed by atoms with Crippen molar-refractivity contribution in [3.8, 4) is 0 Å². The summed E-state index contributed by atoms with van der Waals surface area (Å²) in [6, 6.07) is 0. The fourth-order valence-corrected chi connectivity index (χ4v) is 3.78. The number of carbonyl (C=O) groups excluding carboxylic acids is 2. The standard InChI is InChI=1S/C16H22N4O4S2/c1-10-11(2)20(5-6-23-3)16(17-10)26-9-13(21)19-15-18-12(8-25-15)7-14(22)24-4/h8H,5-7,9H2,1-4H3,(H,18,19,21). The average molecular weight is 399 g/mol. The predicted molar refractivity (Wildman–Crippen MR) is 101 cm³/mol. The van der Waals surface area contributed by atoms with Crippen LogP contribution in [-0.4, -0.2) is 53.0 Å². The third-order valence-corrected chi connectivity index (χ3v) is 5.41. The minimum Gasteiger partial charge on any atom is -0.469 e. The smallest absolute Gasteiger partial charge is 0.311 e. The van der Waals surface area contributed by atoms with E-state index in [4.69, 9.17) is 4.74 Å². The molecule has 2 aromatic rings. The summed E-state index contributed by atoms with van der Waals surface area (Å²) in [5.41, 5.74) is 2.58. The highest BCUT2D eigenvalue weighted by Crippen LogP contribution is 2.22. The summed E-state index contributed by atoms with van der Waals surface area (Å²) in [5, 5.41) is 5.72. The van der Waals surface area contributed by atoms with E-state index in [1.165, 1.54) is 30.2 Å². The van der Waals surface area contributed by atoms with Gasteiger partial charge in [0, 0.05) is 24.7 Å². The highest BCUT2D eigenvalue weighted by Gasteiger charge is 2.14. The maximum atomic E-state index is 12.2. The zero-order chi connectivity index (χ0) is 19.1. The Hall–Kier alpha value is -1.91. The predicted octanol–water partition coefficient (Wildman–Crippen LogP) is 2.05. The summed E-state index contributed by atoms with van der Waals surface area (Å²) < 4.78 is 11.8. The topological polar surface area (TPSA) is 95.3 Å². The van der Waals surface area contributed by atoms with Crippen LogP contribution >= 0.6 is 23.1 Å². The van der Waals surface area contributed by atoms with Gasteiger partial charge in [0.2, 0.25) is 5.91 Å². The fraction of sp³-hybridized carbons (Fsp3) is 0.500. The molecule has 8 nitrogen and oxygen atoms in total. The molecule has 0 spiro atoms. The van der Waals surface area contributed by atoms with Gasteiger partial charge in [-0.1, -0.05) is 11.8 Å². The van der Waals surface area contributed by atoms with Crippen LogP contribution in [-0.2, 0) is 32.0 Å². The first-order valence-electron chi connectivity index (χ1n) is 7.91. The number of carbonyl (C=O) groups is 2. The number of nitrogens with one attached hydrogen (secondary N) is 1. The maximum Gasteiger partial charge on any atom is 0.311 e. The number of imidazole rings is 1. The Morgan fingerprint density at radius 1 is 1.31 bits per heavy atom. The molecule has 0 bridgehead atoms. The Labute approximate surface area is 160 Å². The molecular formula is C16H22N4O4S2. The van der Waals surface area contributed by atoms with Crippen LogP contribution in [0.4, 0.5) is 5.13 Å². The van der Waals surface area contributed by atoms with E-state index in [9.17, 15) is 9.59 Å². The van der Waals surface area contributed by atoms with Gasteiger partial charge < -0.3 is 19.4 Å². The Morgan fingerprint density at radius 2 is 2.08 bits per heavy atom. The van der Waals surface area contributed by atoms with E-state index in [1.54, 1.807) is 12.5 Å². The van der Waals surface area contributed by atoms with Gasteiger partial charge in [-0.25, -0.2) is 9.97 Å². The summed E-state index contributed by atoms with van der Waals surface area (Å²) in [4.78, 5) is 32.1. The van der Waals surface area contributed by atoms with E-state index in [2.05, 4.69) is 24.6 Å². The lowest BCUT2D eigenvalue weighted by Gasteiger charge is -2.09. The van der Waals surface area contributed by atoms with Crippen molar-refractivity contribution in [2.24, 2.45) is 0 Å². The second kappa shape index (κ2) is 9.70. The second-order valence-corrected chi connectivity index (χ2v) is 7.24. The highest BCUT2D eigenvalue weighted by molar-refractivity contribution is 7.99. The third-order valence-electron chi connectivity index (χ3n) is 3.63. The van der Waals surface area contributed by atoms with Crippen LogP contribution in [0.15, 0.2) is 10.5 Å². The van der Waals surface area contributed by atoms with Crippen molar-refractivity contribution >= 4 is 40.1 Å². The second-order valence-electron chi connectivity index (χ2n) is 5.44. The first-order valence-corrected chi connectivity index (χ1v) is 9.77. The summed E-state index contributed by atoms with van der Waals surface area (Å²) in [5.74, 6) is -0.322. The molecule has 0 aliphatic rings. The van der Waals surface area contributed by atoms with Crippen molar-refractivity contribution in [1.29, 1.82) is 0 Å². The maximum absolute atomic E-state index is 12.2. The zero-order valence-corrected chi connectivity index (χ0v) is 16.8. The molecule has 0 atom stereocenters. The number of thioether (sulfide) groups is 1. The highest BCUT2D eigenvalue weighted by atomic mass is 32.2. The van der Waals surface area contributed by atoms with Crippen molar-refractivity contribution in [3.63, 3.8) is 0 Å². The molecule has 2 heterocycles. The van der Waals surface area contributed by atoms with Gasteiger partial charge >= 0.3 is 5.97 Å². The molecule has 0 saturated carbocycles. The van der Waals surface area contributed by atoms with E-state index < -0.39 is 0 Å². The zero-order valence-electron chi connectivity index (χ0n) is 15.2. The van der Waals surface area contributed by atoms with Gasteiger partial charge in [-0.3, -0.25) is 9.59 Å². The molecule has 2 aromatic heterocycles. The molecule has 0 aromatic carbocycles. The van der Waals surface area contributed by atoms with E-state index in [0.29, 0.717) is 24.0 Å². The summed E-state index contributed by atoms with van der Waals surface area (Å²) in [6.45, 7) is 5.22. The van der Waals surface area contributed by atoms with Crippen LogP contribution in [0.25, 0.3) is 0 Å². The van der Waals surface area contributed by atoms with Crippen LogP contribution < -0.4 is 5.32 Å². The van der Waals surface area contributed by atoms with Gasteiger partial charge in [-0.2, -0.15) is 0 Å². The van der Waals surface area contributed by atoms with Crippen molar-refractivity contribution in [1.82, 2.24) is 14.5 Å². The number of amides is 1. The number of thiazole rings is 1. The number of nitrogens with zero attached hydrogens (tertiary/aromatic N) is 3. The number of esters is 1. The van der Waals surface area contributed by atoms with E-state index in [1.807, 2.05) is 13.8 Å². The van der Waals surface area contributed by atoms with Gasteiger partial charge in [-0.05, 0) is 13.8 Å². The number of hydrogen-bond donors (Lipinski definition) is 1. The quantitative estimate of drug-likeness (QED) is 0.510. The van der Waals surface area contributed by atoms with Gasteiger partial charge in [-0.15, -0.1) is 11.3 Å². The average Bonchev–Trinajstić information content (AvgIpc) is 3.16.